The van der Waals surface area contributed by atoms with E-state index in [1.807, 2.05) is 0 Å². The minimum atomic E-state index is -4.67. The van der Waals surface area contributed by atoms with Gasteiger partial charge in [-0.2, -0.15) is 13.2 Å². The van der Waals surface area contributed by atoms with Gasteiger partial charge in [-0.15, -0.1) is 0 Å². The van der Waals surface area contributed by atoms with Crippen molar-refractivity contribution in [1.29, 1.82) is 0 Å². The fourth-order valence-electron chi connectivity index (χ4n) is 2.42. The standard InChI is InChI=1S/C19H15ClF3N3OS/c1-11(16(27)24-10-12-6-8-13(20)9-7-12)28-17-14-4-2-3-5-15(14)25-18(26-17)19(21,22)23/h2-9,11H,10H2,1H3,(H,24,27). The van der Waals surface area contributed by atoms with Gasteiger partial charge in [0.05, 0.1) is 10.8 Å². The number of fused-ring (bicyclic) bond motifs is 1. The Morgan fingerprint density at radius 3 is 2.50 bits per heavy atom. The third kappa shape index (κ3) is 4.94. The summed E-state index contributed by atoms with van der Waals surface area (Å²) < 4.78 is 39.3. The topological polar surface area (TPSA) is 54.9 Å². The van der Waals surface area contributed by atoms with Crippen LogP contribution in [-0.2, 0) is 17.5 Å². The van der Waals surface area contributed by atoms with Gasteiger partial charge in [0, 0.05) is 17.0 Å². The van der Waals surface area contributed by atoms with Gasteiger partial charge in [-0.3, -0.25) is 4.79 Å². The highest BCUT2D eigenvalue weighted by Gasteiger charge is 2.35. The Bertz CT molecular complexity index is 996. The van der Waals surface area contributed by atoms with Crippen LogP contribution in [0.15, 0.2) is 53.6 Å². The minimum Gasteiger partial charge on any atom is -0.351 e. The van der Waals surface area contributed by atoms with Gasteiger partial charge in [0.2, 0.25) is 11.7 Å². The zero-order valence-corrected chi connectivity index (χ0v) is 16.2. The quantitative estimate of drug-likeness (QED) is 0.456. The van der Waals surface area contributed by atoms with E-state index < -0.39 is 17.3 Å². The SMILES string of the molecule is CC(Sc1nc(C(F)(F)F)nc2ccccc12)C(=O)NCc1ccc(Cl)cc1. The second-order valence-corrected chi connectivity index (χ2v) is 7.74. The molecule has 1 N–H and O–H groups in total. The fourth-order valence-corrected chi connectivity index (χ4v) is 3.51. The van der Waals surface area contributed by atoms with E-state index in [4.69, 9.17) is 11.6 Å². The van der Waals surface area contributed by atoms with Gasteiger partial charge < -0.3 is 5.32 Å². The third-order valence-corrected chi connectivity index (χ3v) is 5.21. The molecule has 1 heterocycles. The third-order valence-electron chi connectivity index (χ3n) is 3.86. The molecule has 1 amide bonds. The highest BCUT2D eigenvalue weighted by molar-refractivity contribution is 8.00. The number of hydrogen-bond acceptors (Lipinski definition) is 4. The van der Waals surface area contributed by atoms with Gasteiger partial charge in [0.15, 0.2) is 0 Å². The van der Waals surface area contributed by atoms with E-state index >= 15 is 0 Å². The summed E-state index contributed by atoms with van der Waals surface area (Å²) in [6.45, 7) is 1.91. The number of nitrogens with zero attached hydrogens (tertiary/aromatic N) is 2. The Balaban J connectivity index is 1.77. The number of halogens is 4. The van der Waals surface area contributed by atoms with E-state index in [0.29, 0.717) is 17.0 Å². The Hall–Kier alpha value is -2.32. The Morgan fingerprint density at radius 1 is 1.14 bits per heavy atom. The highest BCUT2D eigenvalue weighted by Crippen LogP contribution is 2.33. The van der Waals surface area contributed by atoms with Gasteiger partial charge in [-0.25, -0.2) is 9.97 Å². The zero-order valence-electron chi connectivity index (χ0n) is 14.6. The second-order valence-electron chi connectivity index (χ2n) is 5.97. The average molecular weight is 426 g/mol. The molecule has 1 atom stereocenters. The van der Waals surface area contributed by atoms with E-state index in [9.17, 15) is 18.0 Å². The second kappa shape index (κ2) is 8.36. The zero-order chi connectivity index (χ0) is 20.3. The summed E-state index contributed by atoms with van der Waals surface area (Å²) >= 11 is 6.79. The Morgan fingerprint density at radius 2 is 1.82 bits per heavy atom. The lowest BCUT2D eigenvalue weighted by Gasteiger charge is -2.14. The molecule has 4 nitrogen and oxygen atoms in total. The van der Waals surface area contributed by atoms with Crippen LogP contribution in [0.25, 0.3) is 10.9 Å². The van der Waals surface area contributed by atoms with Crippen molar-refractivity contribution in [3.05, 3.63) is 64.9 Å². The van der Waals surface area contributed by atoms with Crippen molar-refractivity contribution in [2.45, 2.75) is 29.9 Å². The van der Waals surface area contributed by atoms with Crippen LogP contribution in [0.2, 0.25) is 5.02 Å². The van der Waals surface area contributed by atoms with Crippen molar-refractivity contribution in [2.75, 3.05) is 0 Å². The largest absolute Gasteiger partial charge is 0.451 e. The van der Waals surface area contributed by atoms with E-state index in [1.165, 1.54) is 6.07 Å². The molecule has 0 radical (unpaired) electrons. The van der Waals surface area contributed by atoms with Gasteiger partial charge in [-0.05, 0) is 30.7 Å². The van der Waals surface area contributed by atoms with E-state index in [1.54, 1.807) is 49.4 Å². The lowest BCUT2D eigenvalue weighted by molar-refractivity contribution is -0.145. The summed E-state index contributed by atoms with van der Waals surface area (Å²) in [6.07, 6.45) is -4.67. The Labute approximate surface area is 168 Å². The van der Waals surface area contributed by atoms with Crippen molar-refractivity contribution >= 4 is 40.2 Å². The summed E-state index contributed by atoms with van der Waals surface area (Å²) in [4.78, 5) is 19.6. The fraction of sp³-hybridized carbons (Fsp3) is 0.211. The van der Waals surface area contributed by atoms with Crippen molar-refractivity contribution in [3.63, 3.8) is 0 Å². The number of aromatic nitrogens is 2. The summed E-state index contributed by atoms with van der Waals surface area (Å²) in [5, 5.41) is 3.30. The number of nitrogens with one attached hydrogen (secondary N) is 1. The van der Waals surface area contributed by atoms with Crippen LogP contribution < -0.4 is 5.32 Å². The first-order valence-electron chi connectivity index (χ1n) is 8.27. The van der Waals surface area contributed by atoms with Crippen molar-refractivity contribution in [1.82, 2.24) is 15.3 Å². The number of carbonyl (C=O) groups is 1. The predicted octanol–water partition coefficient (Wildman–Crippen LogP) is 5.10. The number of amides is 1. The van der Waals surface area contributed by atoms with Crippen molar-refractivity contribution in [2.24, 2.45) is 0 Å². The molecule has 1 aromatic heterocycles. The molecule has 2 aromatic carbocycles. The van der Waals surface area contributed by atoms with Crippen LogP contribution in [0.3, 0.4) is 0 Å². The van der Waals surface area contributed by atoms with Gasteiger partial charge >= 0.3 is 6.18 Å². The van der Waals surface area contributed by atoms with E-state index in [0.717, 1.165) is 17.3 Å². The molecule has 28 heavy (non-hydrogen) atoms. The van der Waals surface area contributed by atoms with Crippen LogP contribution in [-0.4, -0.2) is 21.1 Å². The van der Waals surface area contributed by atoms with E-state index in [2.05, 4.69) is 15.3 Å². The summed E-state index contributed by atoms with van der Waals surface area (Å²) in [5.41, 5.74) is 1.04. The maximum absolute atomic E-state index is 13.1. The Kier molecular flexibility index (Phi) is 6.10. The average Bonchev–Trinajstić information content (AvgIpc) is 2.66. The smallest absolute Gasteiger partial charge is 0.351 e. The first-order valence-corrected chi connectivity index (χ1v) is 9.52. The molecule has 0 saturated heterocycles. The van der Waals surface area contributed by atoms with Crippen LogP contribution >= 0.6 is 23.4 Å². The number of alkyl halides is 3. The molecule has 3 rings (SSSR count). The number of carbonyl (C=O) groups excluding carboxylic acids is 1. The molecule has 9 heteroatoms. The first-order chi connectivity index (χ1) is 13.2. The predicted molar refractivity (Wildman–Crippen MR) is 103 cm³/mol. The van der Waals surface area contributed by atoms with Gasteiger partial charge in [0.25, 0.3) is 0 Å². The minimum absolute atomic E-state index is 0.118. The summed E-state index contributed by atoms with van der Waals surface area (Å²) in [5.74, 6) is -1.53. The molecule has 0 aliphatic rings. The molecule has 0 bridgehead atoms. The molecular formula is C19H15ClF3N3OS. The molecule has 146 valence electrons. The molecule has 0 aliphatic heterocycles. The number of benzene rings is 2. The number of thioether (sulfide) groups is 1. The normalized spacial score (nSPS) is 12.8. The van der Waals surface area contributed by atoms with Crippen LogP contribution in [0, 0.1) is 0 Å². The molecule has 1 unspecified atom stereocenters. The maximum Gasteiger partial charge on any atom is 0.451 e. The van der Waals surface area contributed by atoms with Crippen LogP contribution in [0.5, 0.6) is 0 Å². The molecule has 3 aromatic rings. The lowest BCUT2D eigenvalue weighted by Crippen LogP contribution is -2.30. The van der Waals surface area contributed by atoms with Crippen LogP contribution in [0.1, 0.15) is 18.3 Å². The maximum atomic E-state index is 13.1. The number of hydrogen-bond donors (Lipinski definition) is 1. The summed E-state index contributed by atoms with van der Waals surface area (Å²) in [7, 11) is 0. The molecular weight excluding hydrogens is 411 g/mol. The first kappa shape index (κ1) is 20.4. The van der Waals surface area contributed by atoms with Crippen molar-refractivity contribution in [3.8, 4) is 0 Å². The van der Waals surface area contributed by atoms with Crippen molar-refractivity contribution < 1.29 is 18.0 Å². The monoisotopic (exact) mass is 425 g/mol. The van der Waals surface area contributed by atoms with Crippen LogP contribution in [0.4, 0.5) is 13.2 Å². The number of para-hydroxylation sites is 1. The van der Waals surface area contributed by atoms with E-state index in [-0.39, 0.29) is 16.4 Å². The summed E-state index contributed by atoms with van der Waals surface area (Å²) in [6, 6.07) is 13.4. The van der Waals surface area contributed by atoms with Gasteiger partial charge in [0.1, 0.15) is 5.03 Å². The highest BCUT2D eigenvalue weighted by atomic mass is 35.5. The lowest BCUT2D eigenvalue weighted by atomic mass is 10.2. The van der Waals surface area contributed by atoms with Gasteiger partial charge in [-0.1, -0.05) is 53.7 Å². The molecule has 0 spiro atoms. The molecule has 0 aliphatic carbocycles. The number of rotatable bonds is 5. The molecule has 0 fully saturated rings. The molecule has 0 saturated carbocycles.